The number of hydrogen-bond donors (Lipinski definition) is 4. The maximum absolute atomic E-state index is 12.2. The van der Waals surface area contributed by atoms with Gasteiger partial charge in [0.2, 0.25) is 11.8 Å². The molecule has 224 valence electrons. The van der Waals surface area contributed by atoms with Crippen molar-refractivity contribution in [3.05, 3.63) is 59.7 Å². The minimum atomic E-state index is -0.152. The van der Waals surface area contributed by atoms with Crippen LogP contribution in [0.25, 0.3) is 0 Å². The molecular weight excluding hydrogens is 524 g/mol. The van der Waals surface area contributed by atoms with Gasteiger partial charge >= 0.3 is 0 Å². The fourth-order valence-electron chi connectivity index (χ4n) is 4.00. The van der Waals surface area contributed by atoms with Gasteiger partial charge in [0.15, 0.2) is 0 Å². The number of amides is 4. The van der Waals surface area contributed by atoms with E-state index in [9.17, 15) is 19.2 Å². The van der Waals surface area contributed by atoms with Crippen LogP contribution in [-0.4, -0.2) is 64.2 Å². The van der Waals surface area contributed by atoms with Gasteiger partial charge in [-0.05, 0) is 74.2 Å². The molecule has 41 heavy (non-hydrogen) atoms. The Labute approximate surface area is 242 Å². The number of methoxy groups -OCH3 is 2. The second-order valence-electron chi connectivity index (χ2n) is 9.72. The van der Waals surface area contributed by atoms with Gasteiger partial charge < -0.3 is 30.7 Å². The zero-order chi connectivity index (χ0) is 29.7. The number of anilines is 2. The first kappa shape index (κ1) is 33.4. The summed E-state index contributed by atoms with van der Waals surface area (Å²) in [4.78, 5) is 48.7. The summed E-state index contributed by atoms with van der Waals surface area (Å²) in [5.74, 6) is -0.422. The lowest BCUT2D eigenvalue weighted by molar-refractivity contribution is -0.117. The summed E-state index contributed by atoms with van der Waals surface area (Å²) < 4.78 is 9.93. The molecule has 0 bridgehead atoms. The smallest absolute Gasteiger partial charge is 0.251 e. The molecule has 0 radical (unpaired) electrons. The molecule has 4 N–H and O–H groups in total. The van der Waals surface area contributed by atoms with Crippen molar-refractivity contribution < 1.29 is 28.7 Å². The number of carbonyl (C=O) groups excluding carboxylic acids is 4. The van der Waals surface area contributed by atoms with Crippen LogP contribution >= 0.6 is 0 Å². The minimum absolute atomic E-state index is 0.0595. The van der Waals surface area contributed by atoms with Gasteiger partial charge in [-0.3, -0.25) is 19.2 Å². The van der Waals surface area contributed by atoms with Gasteiger partial charge in [-0.15, -0.1) is 0 Å². The highest BCUT2D eigenvalue weighted by Gasteiger charge is 2.08. The SMILES string of the molecule is COCCCNC(=O)c1ccc(NC(=O)CCCCCCCC(=O)Nc2ccc(C(=O)NCCCOC)cc2)cc1. The Bertz CT molecular complexity index is 988. The van der Waals surface area contributed by atoms with Crippen LogP contribution in [0.2, 0.25) is 0 Å². The second kappa shape index (κ2) is 20.2. The van der Waals surface area contributed by atoms with Gasteiger partial charge in [0.25, 0.3) is 11.8 Å². The van der Waals surface area contributed by atoms with E-state index in [0.29, 0.717) is 61.6 Å². The molecule has 0 saturated heterocycles. The van der Waals surface area contributed by atoms with Crippen LogP contribution < -0.4 is 21.3 Å². The number of ether oxygens (including phenoxy) is 2. The lowest BCUT2D eigenvalue weighted by Gasteiger charge is -2.08. The van der Waals surface area contributed by atoms with Gasteiger partial charge in [0.1, 0.15) is 0 Å². The van der Waals surface area contributed by atoms with Gasteiger partial charge in [0, 0.05) is 75.9 Å². The number of carbonyl (C=O) groups is 4. The van der Waals surface area contributed by atoms with Crippen LogP contribution in [0.15, 0.2) is 48.5 Å². The predicted octanol–water partition coefficient (Wildman–Crippen LogP) is 4.53. The van der Waals surface area contributed by atoms with E-state index < -0.39 is 0 Å². The molecule has 0 unspecified atom stereocenters. The van der Waals surface area contributed by atoms with Crippen molar-refractivity contribution in [2.24, 2.45) is 0 Å². The lowest BCUT2D eigenvalue weighted by atomic mass is 10.1. The first-order valence-corrected chi connectivity index (χ1v) is 14.3. The number of hydrogen-bond acceptors (Lipinski definition) is 6. The molecule has 0 saturated carbocycles. The second-order valence-corrected chi connectivity index (χ2v) is 9.72. The molecule has 10 nitrogen and oxygen atoms in total. The van der Waals surface area contributed by atoms with E-state index in [4.69, 9.17) is 9.47 Å². The molecule has 0 aromatic heterocycles. The number of benzene rings is 2. The largest absolute Gasteiger partial charge is 0.385 e. The van der Waals surface area contributed by atoms with Crippen LogP contribution in [0.1, 0.15) is 78.5 Å². The third kappa shape index (κ3) is 14.4. The summed E-state index contributed by atoms with van der Waals surface area (Å²) in [5.41, 5.74) is 2.41. The van der Waals surface area contributed by atoms with E-state index >= 15 is 0 Å². The zero-order valence-electron chi connectivity index (χ0n) is 24.3. The molecule has 0 spiro atoms. The quantitative estimate of drug-likeness (QED) is 0.173. The van der Waals surface area contributed by atoms with E-state index in [1.54, 1.807) is 62.8 Å². The molecule has 0 aliphatic rings. The lowest BCUT2D eigenvalue weighted by Crippen LogP contribution is -2.25. The summed E-state index contributed by atoms with van der Waals surface area (Å²) in [7, 11) is 3.25. The Hall–Kier alpha value is -3.76. The third-order valence-corrected chi connectivity index (χ3v) is 6.29. The predicted molar refractivity (Wildman–Crippen MR) is 160 cm³/mol. The van der Waals surface area contributed by atoms with Crippen molar-refractivity contribution in [3.8, 4) is 0 Å². The third-order valence-electron chi connectivity index (χ3n) is 6.29. The Morgan fingerprint density at radius 3 is 1.27 bits per heavy atom. The molecule has 0 aliphatic heterocycles. The summed E-state index contributed by atoms with van der Waals surface area (Å²) >= 11 is 0. The van der Waals surface area contributed by atoms with Crippen LogP contribution in [0.5, 0.6) is 0 Å². The highest BCUT2D eigenvalue weighted by molar-refractivity contribution is 5.96. The standard InChI is InChI=1S/C31H44N4O6/c1-40-22-8-20-32-30(38)24-12-16-26(17-13-24)34-28(36)10-6-4-3-5-7-11-29(37)35-27-18-14-25(15-19-27)31(39)33-21-9-23-41-2/h12-19H,3-11,20-23H2,1-2H3,(H,32,38)(H,33,39)(H,34,36)(H,35,37). The molecule has 2 rings (SSSR count). The van der Waals surface area contributed by atoms with Crippen molar-refractivity contribution in [1.82, 2.24) is 10.6 Å². The van der Waals surface area contributed by atoms with Gasteiger partial charge in [-0.1, -0.05) is 19.3 Å². The molecule has 0 aliphatic carbocycles. The van der Waals surface area contributed by atoms with Crippen molar-refractivity contribution in [2.75, 3.05) is 51.2 Å². The zero-order valence-corrected chi connectivity index (χ0v) is 24.3. The Morgan fingerprint density at radius 1 is 0.537 bits per heavy atom. The summed E-state index contributed by atoms with van der Waals surface area (Å²) in [6.45, 7) is 2.29. The van der Waals surface area contributed by atoms with E-state index in [-0.39, 0.29) is 23.6 Å². The van der Waals surface area contributed by atoms with Gasteiger partial charge in [-0.25, -0.2) is 0 Å². The minimum Gasteiger partial charge on any atom is -0.385 e. The highest BCUT2D eigenvalue weighted by Crippen LogP contribution is 2.14. The molecule has 0 atom stereocenters. The maximum Gasteiger partial charge on any atom is 0.251 e. The summed E-state index contributed by atoms with van der Waals surface area (Å²) in [5, 5.41) is 11.4. The summed E-state index contributed by atoms with van der Waals surface area (Å²) in [6.07, 6.45) is 6.65. The van der Waals surface area contributed by atoms with Crippen molar-refractivity contribution >= 4 is 35.0 Å². The highest BCUT2D eigenvalue weighted by atomic mass is 16.5. The average molecular weight is 569 g/mol. The average Bonchev–Trinajstić information content (AvgIpc) is 2.97. The normalized spacial score (nSPS) is 10.6. The molecular formula is C31H44N4O6. The van der Waals surface area contributed by atoms with E-state index in [0.717, 1.165) is 44.9 Å². The van der Waals surface area contributed by atoms with Gasteiger partial charge in [0.05, 0.1) is 0 Å². The Balaban J connectivity index is 1.53. The first-order valence-electron chi connectivity index (χ1n) is 14.3. The number of nitrogens with one attached hydrogen (secondary N) is 4. The Morgan fingerprint density at radius 2 is 0.902 bits per heavy atom. The van der Waals surface area contributed by atoms with Crippen LogP contribution in [0, 0.1) is 0 Å². The molecule has 2 aromatic rings. The van der Waals surface area contributed by atoms with Crippen LogP contribution in [0.3, 0.4) is 0 Å². The fraction of sp³-hybridized carbons (Fsp3) is 0.484. The molecule has 10 heteroatoms. The molecule has 2 aromatic carbocycles. The van der Waals surface area contributed by atoms with E-state index in [1.165, 1.54) is 0 Å². The number of unbranched alkanes of at least 4 members (excludes halogenated alkanes) is 4. The van der Waals surface area contributed by atoms with Crippen molar-refractivity contribution in [2.45, 2.75) is 57.8 Å². The van der Waals surface area contributed by atoms with Crippen molar-refractivity contribution in [3.63, 3.8) is 0 Å². The van der Waals surface area contributed by atoms with Crippen molar-refractivity contribution in [1.29, 1.82) is 0 Å². The monoisotopic (exact) mass is 568 g/mol. The topological polar surface area (TPSA) is 135 Å². The molecule has 0 fully saturated rings. The van der Waals surface area contributed by atoms with Crippen LogP contribution in [-0.2, 0) is 19.1 Å². The summed E-state index contributed by atoms with van der Waals surface area (Å²) in [6, 6.07) is 13.7. The molecule has 0 heterocycles. The van der Waals surface area contributed by atoms with E-state index in [2.05, 4.69) is 21.3 Å². The first-order chi connectivity index (χ1) is 19.9. The van der Waals surface area contributed by atoms with Gasteiger partial charge in [-0.2, -0.15) is 0 Å². The Kier molecular flexibility index (Phi) is 16.5. The number of rotatable bonds is 20. The maximum atomic E-state index is 12.2. The van der Waals surface area contributed by atoms with E-state index in [1.807, 2.05) is 0 Å². The molecule has 4 amide bonds. The fourth-order valence-corrected chi connectivity index (χ4v) is 4.00. The van der Waals surface area contributed by atoms with Crippen LogP contribution in [0.4, 0.5) is 11.4 Å².